The maximum atomic E-state index is 14.5. The zero-order chi connectivity index (χ0) is 17.6. The highest BCUT2D eigenvalue weighted by Crippen LogP contribution is 2.37. The van der Waals surface area contributed by atoms with Crippen LogP contribution in [0.15, 0.2) is 42.5 Å². The van der Waals surface area contributed by atoms with Crippen molar-refractivity contribution in [2.75, 3.05) is 0 Å². The summed E-state index contributed by atoms with van der Waals surface area (Å²) in [5.41, 5.74) is 2.96. The number of nitrogens with zero attached hydrogens (tertiary/aromatic N) is 1. The van der Waals surface area contributed by atoms with E-state index in [4.69, 9.17) is 5.26 Å². The van der Waals surface area contributed by atoms with Crippen LogP contribution in [0.1, 0.15) is 67.2 Å². The molecular formula is C23H22FN. The molecule has 0 N–H and O–H groups in total. The largest absolute Gasteiger partial charge is 0.207 e. The molecule has 1 nitrogen and oxygen atoms in total. The molecule has 3 rings (SSSR count). The van der Waals surface area contributed by atoms with Crippen molar-refractivity contribution in [1.82, 2.24) is 0 Å². The van der Waals surface area contributed by atoms with Crippen LogP contribution in [0.2, 0.25) is 0 Å². The first kappa shape index (κ1) is 17.2. The minimum Gasteiger partial charge on any atom is -0.207 e. The van der Waals surface area contributed by atoms with Crippen molar-refractivity contribution in [3.63, 3.8) is 0 Å². The molecule has 0 bridgehead atoms. The highest BCUT2D eigenvalue weighted by molar-refractivity contribution is 5.45. The molecule has 2 aromatic rings. The summed E-state index contributed by atoms with van der Waals surface area (Å²) in [7, 11) is 0. The number of hydrogen-bond donors (Lipinski definition) is 0. The summed E-state index contributed by atoms with van der Waals surface area (Å²) < 4.78 is 14.5. The van der Waals surface area contributed by atoms with Crippen LogP contribution in [-0.4, -0.2) is 0 Å². The lowest BCUT2D eigenvalue weighted by atomic mass is 9.77. The summed E-state index contributed by atoms with van der Waals surface area (Å²) in [6, 6.07) is 14.6. The predicted molar refractivity (Wildman–Crippen MR) is 98.5 cm³/mol. The second kappa shape index (κ2) is 8.00. The van der Waals surface area contributed by atoms with Gasteiger partial charge < -0.3 is 0 Å². The molecule has 0 unspecified atom stereocenters. The van der Waals surface area contributed by atoms with Gasteiger partial charge >= 0.3 is 0 Å². The first-order valence-corrected chi connectivity index (χ1v) is 9.01. The summed E-state index contributed by atoms with van der Waals surface area (Å²) in [5.74, 6) is 7.07. The minimum atomic E-state index is -0.133. The Balaban J connectivity index is 1.72. The lowest BCUT2D eigenvalue weighted by Crippen LogP contribution is -2.13. The molecular weight excluding hydrogens is 309 g/mol. The molecule has 1 saturated carbocycles. The van der Waals surface area contributed by atoms with Crippen LogP contribution < -0.4 is 0 Å². The molecule has 0 heterocycles. The van der Waals surface area contributed by atoms with Crippen molar-refractivity contribution in [2.45, 2.75) is 44.9 Å². The number of rotatable bonds is 2. The van der Waals surface area contributed by atoms with Crippen LogP contribution in [0.3, 0.4) is 0 Å². The molecule has 0 aromatic heterocycles. The van der Waals surface area contributed by atoms with E-state index in [1.807, 2.05) is 24.3 Å². The highest BCUT2D eigenvalue weighted by Gasteiger charge is 2.23. The van der Waals surface area contributed by atoms with E-state index in [9.17, 15) is 4.39 Å². The normalized spacial score (nSPS) is 19.6. The Labute approximate surface area is 149 Å². The summed E-state index contributed by atoms with van der Waals surface area (Å²) in [5, 5.41) is 8.80. The molecule has 2 heteroatoms. The van der Waals surface area contributed by atoms with Crippen LogP contribution in [0.25, 0.3) is 0 Å². The van der Waals surface area contributed by atoms with Gasteiger partial charge in [-0.1, -0.05) is 31.3 Å². The topological polar surface area (TPSA) is 23.8 Å². The van der Waals surface area contributed by atoms with Gasteiger partial charge in [0.1, 0.15) is 5.82 Å². The van der Waals surface area contributed by atoms with E-state index in [-0.39, 0.29) is 5.82 Å². The van der Waals surface area contributed by atoms with Crippen molar-refractivity contribution in [2.24, 2.45) is 5.92 Å². The Morgan fingerprint density at radius 2 is 1.52 bits per heavy atom. The number of nitriles is 1. The zero-order valence-electron chi connectivity index (χ0n) is 14.6. The molecule has 0 aliphatic heterocycles. The minimum absolute atomic E-state index is 0.133. The van der Waals surface area contributed by atoms with Crippen molar-refractivity contribution in [3.05, 3.63) is 70.5 Å². The second-order valence-electron chi connectivity index (χ2n) is 6.80. The Morgan fingerprint density at radius 3 is 2.12 bits per heavy atom. The van der Waals surface area contributed by atoms with Crippen LogP contribution in [0.5, 0.6) is 0 Å². The predicted octanol–water partition coefficient (Wildman–Crippen LogP) is 5.78. The van der Waals surface area contributed by atoms with Gasteiger partial charge in [0.15, 0.2) is 0 Å². The second-order valence-corrected chi connectivity index (χ2v) is 6.80. The lowest BCUT2D eigenvalue weighted by molar-refractivity contribution is 0.314. The van der Waals surface area contributed by atoms with Crippen molar-refractivity contribution in [3.8, 4) is 17.9 Å². The van der Waals surface area contributed by atoms with Crippen LogP contribution in [0.4, 0.5) is 4.39 Å². The van der Waals surface area contributed by atoms with E-state index >= 15 is 0 Å². The standard InChI is InChI=1S/C23H22FN/c1-2-17-9-12-21(13-10-17)22-14-11-19(15-23(22)24)6-3-18-4-7-20(16-25)8-5-18/h4-5,7-8,11,14-15,17,21H,2,9-10,12-13H2,1H3. The molecule has 126 valence electrons. The average molecular weight is 331 g/mol. The Morgan fingerprint density at radius 1 is 0.920 bits per heavy atom. The van der Waals surface area contributed by atoms with Gasteiger partial charge in [-0.25, -0.2) is 4.39 Å². The maximum Gasteiger partial charge on any atom is 0.127 e. The molecule has 2 aromatic carbocycles. The fourth-order valence-corrected chi connectivity index (χ4v) is 3.59. The van der Waals surface area contributed by atoms with Gasteiger partial charge in [0.05, 0.1) is 11.6 Å². The van der Waals surface area contributed by atoms with Crippen molar-refractivity contribution < 1.29 is 4.39 Å². The third kappa shape index (κ3) is 4.28. The summed E-state index contributed by atoms with van der Waals surface area (Å²) >= 11 is 0. The summed E-state index contributed by atoms with van der Waals surface area (Å²) in [4.78, 5) is 0. The Bertz CT molecular complexity index is 825. The van der Waals surface area contributed by atoms with Crippen LogP contribution in [-0.2, 0) is 0 Å². The molecule has 0 spiro atoms. The van der Waals surface area contributed by atoms with Gasteiger partial charge in [-0.3, -0.25) is 0 Å². The zero-order valence-corrected chi connectivity index (χ0v) is 14.6. The highest BCUT2D eigenvalue weighted by atomic mass is 19.1. The molecule has 0 radical (unpaired) electrons. The monoisotopic (exact) mass is 331 g/mol. The third-order valence-electron chi connectivity index (χ3n) is 5.23. The van der Waals surface area contributed by atoms with Gasteiger partial charge in [-0.15, -0.1) is 0 Å². The first-order chi connectivity index (χ1) is 12.2. The van der Waals surface area contributed by atoms with E-state index in [0.29, 0.717) is 17.0 Å². The fourth-order valence-electron chi connectivity index (χ4n) is 3.59. The molecule has 0 atom stereocenters. The number of benzene rings is 2. The third-order valence-corrected chi connectivity index (χ3v) is 5.23. The number of halogens is 1. The van der Waals surface area contributed by atoms with E-state index in [2.05, 4.69) is 24.8 Å². The van der Waals surface area contributed by atoms with Crippen molar-refractivity contribution in [1.29, 1.82) is 5.26 Å². The molecule has 25 heavy (non-hydrogen) atoms. The van der Waals surface area contributed by atoms with E-state index in [1.54, 1.807) is 18.2 Å². The van der Waals surface area contributed by atoms with E-state index in [1.165, 1.54) is 19.3 Å². The van der Waals surface area contributed by atoms with E-state index in [0.717, 1.165) is 29.9 Å². The van der Waals surface area contributed by atoms with Gasteiger partial charge in [0.25, 0.3) is 0 Å². The lowest BCUT2D eigenvalue weighted by Gasteiger charge is -2.28. The molecule has 1 aliphatic carbocycles. The fraction of sp³-hybridized carbons (Fsp3) is 0.348. The summed E-state index contributed by atoms with van der Waals surface area (Å²) in [6.45, 7) is 2.24. The first-order valence-electron chi connectivity index (χ1n) is 9.01. The Kier molecular flexibility index (Phi) is 5.52. The molecule has 1 fully saturated rings. The van der Waals surface area contributed by atoms with E-state index < -0.39 is 0 Å². The smallest absolute Gasteiger partial charge is 0.127 e. The van der Waals surface area contributed by atoms with Gasteiger partial charge in [0.2, 0.25) is 0 Å². The maximum absolute atomic E-state index is 14.5. The SMILES string of the molecule is CCC1CCC(c2ccc(C#Cc3ccc(C#N)cc3)cc2F)CC1. The quantitative estimate of drug-likeness (QED) is 0.640. The van der Waals surface area contributed by atoms with Gasteiger partial charge in [-0.2, -0.15) is 5.26 Å². The number of hydrogen-bond acceptors (Lipinski definition) is 1. The molecule has 0 amide bonds. The molecule has 1 aliphatic rings. The Hall–Kier alpha value is -2.58. The van der Waals surface area contributed by atoms with Gasteiger partial charge in [-0.05, 0) is 79.5 Å². The molecule has 0 saturated heterocycles. The average Bonchev–Trinajstić information content (AvgIpc) is 2.67. The van der Waals surface area contributed by atoms with Crippen LogP contribution >= 0.6 is 0 Å². The summed E-state index contributed by atoms with van der Waals surface area (Å²) in [6.07, 6.45) is 5.83. The van der Waals surface area contributed by atoms with Crippen molar-refractivity contribution >= 4 is 0 Å². The van der Waals surface area contributed by atoms with Crippen LogP contribution in [0, 0.1) is 34.9 Å². The van der Waals surface area contributed by atoms with Gasteiger partial charge in [0, 0.05) is 11.1 Å².